The van der Waals surface area contributed by atoms with Gasteiger partial charge >= 0.3 is 5.97 Å². The van der Waals surface area contributed by atoms with Crippen molar-refractivity contribution in [2.24, 2.45) is 11.8 Å². The standard InChI is InChI=1S/C20H30N2O3/c1-4-22(18-11-6-5-8-15(18)2)13-12-21-19(23)16-9-7-10-17(14-16)20(24)25-3/h5-6,8,11,16-17H,4,7,9-10,12-14H2,1-3H3,(H,21,23)/t16-,17+/m1/s1. The van der Waals surface area contributed by atoms with Crippen molar-refractivity contribution in [3.05, 3.63) is 29.8 Å². The van der Waals surface area contributed by atoms with Crippen LogP contribution in [0.3, 0.4) is 0 Å². The Bertz CT molecular complexity index is 588. The Hall–Kier alpha value is -2.04. The van der Waals surface area contributed by atoms with E-state index < -0.39 is 0 Å². The van der Waals surface area contributed by atoms with Gasteiger partial charge in [0.25, 0.3) is 0 Å². The van der Waals surface area contributed by atoms with E-state index in [2.05, 4.69) is 36.2 Å². The average Bonchev–Trinajstić information content (AvgIpc) is 2.65. The highest BCUT2D eigenvalue weighted by Crippen LogP contribution is 2.30. The summed E-state index contributed by atoms with van der Waals surface area (Å²) >= 11 is 0. The largest absolute Gasteiger partial charge is 0.469 e. The molecular formula is C20H30N2O3. The quantitative estimate of drug-likeness (QED) is 0.771. The van der Waals surface area contributed by atoms with E-state index in [0.29, 0.717) is 13.0 Å². The number of methoxy groups -OCH3 is 1. The normalized spacial score (nSPS) is 20.0. The molecule has 25 heavy (non-hydrogen) atoms. The molecule has 138 valence electrons. The van der Waals surface area contributed by atoms with Crippen LogP contribution >= 0.6 is 0 Å². The van der Waals surface area contributed by atoms with E-state index in [4.69, 9.17) is 4.74 Å². The van der Waals surface area contributed by atoms with Gasteiger partial charge in [0.2, 0.25) is 5.91 Å². The van der Waals surface area contributed by atoms with Crippen LogP contribution in [0.25, 0.3) is 0 Å². The Morgan fingerprint density at radius 2 is 1.96 bits per heavy atom. The van der Waals surface area contributed by atoms with Gasteiger partial charge in [0.05, 0.1) is 13.0 Å². The third-order valence-electron chi connectivity index (χ3n) is 5.10. The molecule has 1 aromatic rings. The summed E-state index contributed by atoms with van der Waals surface area (Å²) in [4.78, 5) is 26.4. The molecule has 1 aliphatic carbocycles. The molecule has 0 saturated heterocycles. The summed E-state index contributed by atoms with van der Waals surface area (Å²) < 4.78 is 4.83. The van der Waals surface area contributed by atoms with Crippen molar-refractivity contribution in [3.63, 3.8) is 0 Å². The number of carbonyl (C=O) groups is 2. The Labute approximate surface area is 150 Å². The SMILES string of the molecule is CCN(CCNC(=O)[C@@H]1CCC[C@H](C(=O)OC)C1)c1ccccc1C. The van der Waals surface area contributed by atoms with Gasteiger partial charge in [0.1, 0.15) is 0 Å². The van der Waals surface area contributed by atoms with Crippen LogP contribution in [0.1, 0.15) is 38.2 Å². The summed E-state index contributed by atoms with van der Waals surface area (Å²) in [5.74, 6) is -0.330. The second-order valence-electron chi connectivity index (χ2n) is 6.74. The maximum Gasteiger partial charge on any atom is 0.308 e. The number of hydrogen-bond acceptors (Lipinski definition) is 4. The zero-order chi connectivity index (χ0) is 18.2. The molecule has 0 bridgehead atoms. The summed E-state index contributed by atoms with van der Waals surface area (Å²) in [5.41, 5.74) is 2.45. The van der Waals surface area contributed by atoms with E-state index in [0.717, 1.165) is 32.4 Å². The number of ether oxygens (including phenoxy) is 1. The highest BCUT2D eigenvalue weighted by Gasteiger charge is 2.31. The highest BCUT2D eigenvalue weighted by atomic mass is 16.5. The zero-order valence-corrected chi connectivity index (χ0v) is 15.6. The second kappa shape index (κ2) is 9.44. The molecule has 0 spiro atoms. The lowest BCUT2D eigenvalue weighted by Crippen LogP contribution is -2.40. The molecule has 1 amide bonds. The van der Waals surface area contributed by atoms with E-state index in [1.165, 1.54) is 18.4 Å². The lowest BCUT2D eigenvalue weighted by Gasteiger charge is -2.28. The fourth-order valence-electron chi connectivity index (χ4n) is 3.63. The summed E-state index contributed by atoms with van der Waals surface area (Å²) in [7, 11) is 1.41. The van der Waals surface area contributed by atoms with Gasteiger partial charge in [-0.3, -0.25) is 9.59 Å². The van der Waals surface area contributed by atoms with Crippen molar-refractivity contribution < 1.29 is 14.3 Å². The van der Waals surface area contributed by atoms with Crippen LogP contribution in [-0.4, -0.2) is 38.6 Å². The average molecular weight is 346 g/mol. The van der Waals surface area contributed by atoms with Crippen LogP contribution in [0.2, 0.25) is 0 Å². The van der Waals surface area contributed by atoms with Crippen molar-refractivity contribution in [1.82, 2.24) is 5.32 Å². The number of nitrogens with one attached hydrogen (secondary N) is 1. The third kappa shape index (κ3) is 5.21. The van der Waals surface area contributed by atoms with Crippen LogP contribution in [0, 0.1) is 18.8 Å². The fourth-order valence-corrected chi connectivity index (χ4v) is 3.63. The molecule has 1 aliphatic rings. The summed E-state index contributed by atoms with van der Waals surface area (Å²) in [6, 6.07) is 8.29. The van der Waals surface area contributed by atoms with Gasteiger partial charge in [-0.25, -0.2) is 0 Å². The maximum atomic E-state index is 12.4. The van der Waals surface area contributed by atoms with E-state index in [-0.39, 0.29) is 23.7 Å². The molecule has 0 aromatic heterocycles. The summed E-state index contributed by atoms with van der Waals surface area (Å²) in [6.07, 6.45) is 3.19. The van der Waals surface area contributed by atoms with Crippen molar-refractivity contribution in [2.75, 3.05) is 31.6 Å². The number of aryl methyl sites for hydroxylation is 1. The molecule has 0 aliphatic heterocycles. The molecule has 5 heteroatoms. The molecule has 2 atom stereocenters. The van der Waals surface area contributed by atoms with E-state index in [9.17, 15) is 9.59 Å². The Morgan fingerprint density at radius 3 is 2.64 bits per heavy atom. The first-order valence-electron chi connectivity index (χ1n) is 9.23. The van der Waals surface area contributed by atoms with Gasteiger partial charge in [-0.05, 0) is 44.7 Å². The molecular weight excluding hydrogens is 316 g/mol. The first-order valence-corrected chi connectivity index (χ1v) is 9.23. The number of hydrogen-bond donors (Lipinski definition) is 1. The molecule has 0 heterocycles. The summed E-state index contributed by atoms with van der Waals surface area (Å²) in [5, 5.41) is 3.05. The van der Waals surface area contributed by atoms with Crippen LogP contribution in [0.4, 0.5) is 5.69 Å². The topological polar surface area (TPSA) is 58.6 Å². The first-order chi connectivity index (χ1) is 12.1. The minimum absolute atomic E-state index is 0.0643. The number of anilines is 1. The van der Waals surface area contributed by atoms with E-state index >= 15 is 0 Å². The number of nitrogens with zero attached hydrogens (tertiary/aromatic N) is 1. The molecule has 0 unspecified atom stereocenters. The van der Waals surface area contributed by atoms with E-state index in [1.54, 1.807) is 0 Å². The van der Waals surface area contributed by atoms with Crippen molar-refractivity contribution in [3.8, 4) is 0 Å². The van der Waals surface area contributed by atoms with Gasteiger partial charge in [-0.15, -0.1) is 0 Å². The van der Waals surface area contributed by atoms with Gasteiger partial charge in [-0.1, -0.05) is 24.6 Å². The Morgan fingerprint density at radius 1 is 1.24 bits per heavy atom. The van der Waals surface area contributed by atoms with E-state index in [1.807, 2.05) is 12.1 Å². The number of likely N-dealkylation sites (N-methyl/N-ethyl adjacent to an activating group) is 1. The molecule has 0 radical (unpaired) electrons. The minimum Gasteiger partial charge on any atom is -0.469 e. The van der Waals surface area contributed by atoms with Gasteiger partial charge < -0.3 is 15.0 Å². The number of amides is 1. The molecule has 1 saturated carbocycles. The maximum absolute atomic E-state index is 12.4. The third-order valence-corrected chi connectivity index (χ3v) is 5.10. The van der Waals surface area contributed by atoms with Crippen molar-refractivity contribution >= 4 is 17.6 Å². The number of rotatable bonds is 7. The predicted octanol–water partition coefficient (Wildman–Crippen LogP) is 2.92. The lowest BCUT2D eigenvalue weighted by atomic mass is 9.81. The van der Waals surface area contributed by atoms with Gasteiger partial charge in [0.15, 0.2) is 0 Å². The zero-order valence-electron chi connectivity index (χ0n) is 15.6. The van der Waals surface area contributed by atoms with Crippen LogP contribution in [0.5, 0.6) is 0 Å². The number of benzene rings is 1. The Balaban J connectivity index is 1.83. The fraction of sp³-hybridized carbons (Fsp3) is 0.600. The van der Waals surface area contributed by atoms with Crippen LogP contribution in [-0.2, 0) is 14.3 Å². The van der Waals surface area contributed by atoms with Crippen LogP contribution in [0.15, 0.2) is 24.3 Å². The van der Waals surface area contributed by atoms with Crippen molar-refractivity contribution in [1.29, 1.82) is 0 Å². The monoisotopic (exact) mass is 346 g/mol. The predicted molar refractivity (Wildman–Crippen MR) is 99.5 cm³/mol. The molecule has 2 rings (SSSR count). The number of esters is 1. The highest BCUT2D eigenvalue weighted by molar-refractivity contribution is 5.80. The first kappa shape index (κ1) is 19.3. The Kier molecular flexibility index (Phi) is 7.29. The van der Waals surface area contributed by atoms with Crippen molar-refractivity contribution in [2.45, 2.75) is 39.5 Å². The molecule has 1 N–H and O–H groups in total. The van der Waals surface area contributed by atoms with Gasteiger partial charge in [0, 0.05) is 31.2 Å². The smallest absolute Gasteiger partial charge is 0.308 e. The molecule has 1 aromatic carbocycles. The minimum atomic E-state index is -0.186. The lowest BCUT2D eigenvalue weighted by molar-refractivity contribution is -0.147. The number of carbonyl (C=O) groups excluding carboxylic acids is 2. The number of para-hydroxylation sites is 1. The summed E-state index contributed by atoms with van der Waals surface area (Å²) in [6.45, 7) is 6.51. The molecule has 1 fully saturated rings. The van der Waals surface area contributed by atoms with Gasteiger partial charge in [-0.2, -0.15) is 0 Å². The van der Waals surface area contributed by atoms with Crippen LogP contribution < -0.4 is 10.2 Å². The molecule has 5 nitrogen and oxygen atoms in total. The second-order valence-corrected chi connectivity index (χ2v) is 6.74.